The fraction of sp³-hybridized carbons (Fsp3) is 0.318. The van der Waals surface area contributed by atoms with E-state index in [4.69, 9.17) is 4.42 Å². The molecule has 0 spiro atoms. The maximum atomic E-state index is 13.0. The van der Waals surface area contributed by atoms with Crippen LogP contribution in [0.1, 0.15) is 46.1 Å². The number of rotatable bonds is 3. The molecule has 1 amide bonds. The van der Waals surface area contributed by atoms with Crippen molar-refractivity contribution in [1.29, 1.82) is 0 Å². The fourth-order valence-electron chi connectivity index (χ4n) is 3.74. The van der Waals surface area contributed by atoms with Crippen LogP contribution in [0, 0.1) is 13.8 Å². The number of hydrogen-bond acceptors (Lipinski definition) is 4. The number of aryl methyl sites for hydroxylation is 2. The number of aromatic nitrogens is 2. The van der Waals surface area contributed by atoms with Crippen LogP contribution in [0.25, 0.3) is 11.5 Å². The van der Waals surface area contributed by atoms with E-state index in [9.17, 15) is 4.79 Å². The van der Waals surface area contributed by atoms with Gasteiger partial charge in [-0.2, -0.15) is 0 Å². The zero-order valence-corrected chi connectivity index (χ0v) is 15.7. The highest BCUT2D eigenvalue weighted by Gasteiger charge is 2.29. The highest BCUT2D eigenvalue weighted by molar-refractivity contribution is 5.94. The number of piperidine rings is 1. The number of hydrogen-bond donors (Lipinski definition) is 0. The number of carbonyl (C=O) groups excluding carboxylic acids is 1. The molecule has 1 atom stereocenters. The predicted octanol–water partition coefficient (Wildman–Crippen LogP) is 4.37. The smallest absolute Gasteiger partial charge is 0.253 e. The van der Waals surface area contributed by atoms with E-state index in [1.807, 2.05) is 61.2 Å². The molecule has 5 nitrogen and oxygen atoms in total. The molecule has 0 N–H and O–H groups in total. The van der Waals surface area contributed by atoms with Crippen molar-refractivity contribution in [2.75, 3.05) is 13.1 Å². The Hall–Kier alpha value is -2.95. The standard InChI is InChI=1S/C22H23N3O2/c1-15-11-16(2)13-19(12-15)22(26)25-10-6-9-18(14-25)21-24-23-20(27-21)17-7-4-3-5-8-17/h3-5,7-8,11-13,18H,6,9-10,14H2,1-2H3. The van der Waals surface area contributed by atoms with Crippen molar-refractivity contribution in [1.82, 2.24) is 15.1 Å². The number of nitrogens with zero attached hydrogens (tertiary/aromatic N) is 3. The normalized spacial score (nSPS) is 17.1. The van der Waals surface area contributed by atoms with E-state index in [1.54, 1.807) is 0 Å². The maximum Gasteiger partial charge on any atom is 0.253 e. The average molecular weight is 361 g/mol. The summed E-state index contributed by atoms with van der Waals surface area (Å²) < 4.78 is 5.92. The summed E-state index contributed by atoms with van der Waals surface area (Å²) in [5.74, 6) is 1.31. The lowest BCUT2D eigenvalue weighted by molar-refractivity contribution is 0.0698. The molecule has 1 fully saturated rings. The summed E-state index contributed by atoms with van der Waals surface area (Å²) in [5, 5.41) is 8.45. The van der Waals surface area contributed by atoms with Crippen molar-refractivity contribution in [3.63, 3.8) is 0 Å². The molecule has 2 aromatic carbocycles. The first-order chi connectivity index (χ1) is 13.1. The van der Waals surface area contributed by atoms with Crippen LogP contribution in [0.2, 0.25) is 0 Å². The van der Waals surface area contributed by atoms with Gasteiger partial charge in [-0.3, -0.25) is 4.79 Å². The number of likely N-dealkylation sites (tertiary alicyclic amines) is 1. The van der Waals surface area contributed by atoms with Crippen LogP contribution < -0.4 is 0 Å². The Balaban J connectivity index is 1.51. The van der Waals surface area contributed by atoms with E-state index in [0.29, 0.717) is 18.3 Å². The van der Waals surface area contributed by atoms with Crippen molar-refractivity contribution in [2.24, 2.45) is 0 Å². The van der Waals surface area contributed by atoms with Gasteiger partial charge in [0, 0.05) is 24.2 Å². The number of carbonyl (C=O) groups is 1. The Morgan fingerprint density at radius 1 is 1.07 bits per heavy atom. The molecule has 5 heteroatoms. The maximum absolute atomic E-state index is 13.0. The van der Waals surface area contributed by atoms with Crippen LogP contribution in [0.3, 0.4) is 0 Å². The summed E-state index contributed by atoms with van der Waals surface area (Å²) in [4.78, 5) is 14.9. The molecule has 0 aliphatic carbocycles. The monoisotopic (exact) mass is 361 g/mol. The lowest BCUT2D eigenvalue weighted by Gasteiger charge is -2.31. The number of amides is 1. The molecule has 4 rings (SSSR count). The molecule has 0 saturated carbocycles. The summed E-state index contributed by atoms with van der Waals surface area (Å²) in [6.07, 6.45) is 1.89. The molecule has 1 saturated heterocycles. The van der Waals surface area contributed by atoms with Crippen molar-refractivity contribution >= 4 is 5.91 Å². The molecule has 3 aromatic rings. The molecule has 0 bridgehead atoms. The second-order valence-corrected chi connectivity index (χ2v) is 7.28. The first-order valence-corrected chi connectivity index (χ1v) is 9.36. The first kappa shape index (κ1) is 17.5. The molecule has 1 aliphatic heterocycles. The highest BCUT2D eigenvalue weighted by Crippen LogP contribution is 2.29. The molecule has 2 heterocycles. The predicted molar refractivity (Wildman–Crippen MR) is 104 cm³/mol. The lowest BCUT2D eigenvalue weighted by Crippen LogP contribution is -2.39. The van der Waals surface area contributed by atoms with Crippen molar-refractivity contribution in [3.05, 3.63) is 71.1 Å². The second-order valence-electron chi connectivity index (χ2n) is 7.28. The Bertz CT molecular complexity index is 929. The summed E-state index contributed by atoms with van der Waals surface area (Å²) >= 11 is 0. The van der Waals surface area contributed by atoms with E-state index in [-0.39, 0.29) is 11.8 Å². The summed E-state index contributed by atoms with van der Waals surface area (Å²) in [7, 11) is 0. The minimum Gasteiger partial charge on any atom is -0.420 e. The quantitative estimate of drug-likeness (QED) is 0.695. The summed E-state index contributed by atoms with van der Waals surface area (Å²) in [6.45, 7) is 5.42. The number of benzene rings is 2. The Morgan fingerprint density at radius 3 is 2.56 bits per heavy atom. The van der Waals surface area contributed by atoms with Gasteiger partial charge in [0.25, 0.3) is 5.91 Å². The molecule has 1 aromatic heterocycles. The van der Waals surface area contributed by atoms with Gasteiger partial charge >= 0.3 is 0 Å². The van der Waals surface area contributed by atoms with Gasteiger partial charge in [-0.15, -0.1) is 10.2 Å². The molecule has 27 heavy (non-hydrogen) atoms. The van der Waals surface area contributed by atoms with Gasteiger partial charge in [0.05, 0.1) is 5.92 Å². The molecular weight excluding hydrogens is 338 g/mol. The van der Waals surface area contributed by atoms with Gasteiger partial charge in [0.1, 0.15) is 0 Å². The Kier molecular flexibility index (Phi) is 4.75. The van der Waals surface area contributed by atoms with Gasteiger partial charge in [-0.05, 0) is 51.0 Å². The fourth-order valence-corrected chi connectivity index (χ4v) is 3.74. The van der Waals surface area contributed by atoms with Gasteiger partial charge in [-0.25, -0.2) is 0 Å². The van der Waals surface area contributed by atoms with Crippen LogP contribution in [0.4, 0.5) is 0 Å². The zero-order chi connectivity index (χ0) is 18.8. The molecule has 138 valence electrons. The van der Waals surface area contributed by atoms with E-state index in [1.165, 1.54) is 0 Å². The van der Waals surface area contributed by atoms with Gasteiger partial charge in [0.15, 0.2) is 0 Å². The van der Waals surface area contributed by atoms with E-state index >= 15 is 0 Å². The van der Waals surface area contributed by atoms with Crippen LogP contribution in [0.15, 0.2) is 52.9 Å². The lowest BCUT2D eigenvalue weighted by atomic mass is 9.97. The highest BCUT2D eigenvalue weighted by atomic mass is 16.4. The largest absolute Gasteiger partial charge is 0.420 e. The summed E-state index contributed by atoms with van der Waals surface area (Å²) in [6, 6.07) is 15.8. The van der Waals surface area contributed by atoms with Crippen LogP contribution >= 0.6 is 0 Å². The first-order valence-electron chi connectivity index (χ1n) is 9.36. The third-order valence-electron chi connectivity index (χ3n) is 4.99. The third kappa shape index (κ3) is 3.77. The molecule has 1 unspecified atom stereocenters. The Labute approximate surface area is 159 Å². The Morgan fingerprint density at radius 2 is 1.81 bits per heavy atom. The van der Waals surface area contributed by atoms with Crippen LogP contribution in [0.5, 0.6) is 0 Å². The van der Waals surface area contributed by atoms with Crippen molar-refractivity contribution in [3.8, 4) is 11.5 Å². The SMILES string of the molecule is Cc1cc(C)cc(C(=O)N2CCCC(c3nnc(-c4ccccc4)o3)C2)c1. The minimum atomic E-state index is 0.0781. The summed E-state index contributed by atoms with van der Waals surface area (Å²) in [5.41, 5.74) is 3.88. The average Bonchev–Trinajstić information content (AvgIpc) is 3.18. The van der Waals surface area contributed by atoms with Gasteiger partial charge in [0.2, 0.25) is 11.8 Å². The van der Waals surface area contributed by atoms with Crippen molar-refractivity contribution in [2.45, 2.75) is 32.6 Å². The van der Waals surface area contributed by atoms with E-state index in [0.717, 1.165) is 41.6 Å². The van der Waals surface area contributed by atoms with E-state index < -0.39 is 0 Å². The topological polar surface area (TPSA) is 59.2 Å². The third-order valence-corrected chi connectivity index (χ3v) is 4.99. The van der Waals surface area contributed by atoms with Crippen LogP contribution in [-0.2, 0) is 0 Å². The molecular formula is C22H23N3O2. The minimum absolute atomic E-state index is 0.0781. The van der Waals surface area contributed by atoms with Crippen LogP contribution in [-0.4, -0.2) is 34.1 Å². The molecule has 0 radical (unpaired) electrons. The van der Waals surface area contributed by atoms with Gasteiger partial charge < -0.3 is 9.32 Å². The zero-order valence-electron chi connectivity index (χ0n) is 15.7. The van der Waals surface area contributed by atoms with Crippen molar-refractivity contribution < 1.29 is 9.21 Å². The molecule has 1 aliphatic rings. The van der Waals surface area contributed by atoms with Gasteiger partial charge in [-0.1, -0.05) is 35.4 Å². The second kappa shape index (κ2) is 7.35. The van der Waals surface area contributed by atoms with E-state index in [2.05, 4.69) is 16.3 Å².